The van der Waals surface area contributed by atoms with Crippen molar-refractivity contribution in [2.75, 3.05) is 19.5 Å². The minimum Gasteiger partial charge on any atom is -0.493 e. The molecule has 0 heterocycles. The molecule has 0 saturated carbocycles. The number of aliphatic carboxylic acids is 1. The minimum atomic E-state index is -1.62. The smallest absolute Gasteiger partial charge is 0.330 e. The van der Waals surface area contributed by atoms with E-state index in [0.29, 0.717) is 22.7 Å². The van der Waals surface area contributed by atoms with E-state index in [2.05, 4.69) is 5.32 Å². The zero-order valence-electron chi connectivity index (χ0n) is 10.9. The van der Waals surface area contributed by atoms with Crippen LogP contribution in [-0.2, 0) is 9.59 Å². The number of aryl methyl sites for hydroxylation is 1. The molecule has 1 aromatic rings. The molecular weight excluding hydrogens is 252 g/mol. The van der Waals surface area contributed by atoms with Crippen LogP contribution in [0.4, 0.5) is 5.69 Å². The van der Waals surface area contributed by atoms with Gasteiger partial charge in [-0.05, 0) is 18.6 Å². The molecule has 0 bridgehead atoms. The molecule has 0 fully saturated rings. The van der Waals surface area contributed by atoms with Crippen molar-refractivity contribution in [2.45, 2.75) is 13.0 Å². The van der Waals surface area contributed by atoms with Crippen LogP contribution in [0, 0.1) is 6.92 Å². The van der Waals surface area contributed by atoms with Gasteiger partial charge in [-0.1, -0.05) is 0 Å². The number of methoxy groups -OCH3 is 2. The van der Waals surface area contributed by atoms with E-state index in [1.54, 1.807) is 19.1 Å². The summed E-state index contributed by atoms with van der Waals surface area (Å²) >= 11 is 0. The summed E-state index contributed by atoms with van der Waals surface area (Å²) in [4.78, 5) is 22.2. The van der Waals surface area contributed by atoms with Crippen molar-refractivity contribution in [2.24, 2.45) is 5.73 Å². The van der Waals surface area contributed by atoms with Crippen LogP contribution in [0.5, 0.6) is 11.5 Å². The van der Waals surface area contributed by atoms with Gasteiger partial charge in [-0.15, -0.1) is 0 Å². The fourth-order valence-electron chi connectivity index (χ4n) is 1.44. The van der Waals surface area contributed by atoms with Crippen LogP contribution in [0.3, 0.4) is 0 Å². The Morgan fingerprint density at radius 1 is 1.26 bits per heavy atom. The summed E-state index contributed by atoms with van der Waals surface area (Å²) < 4.78 is 10.2. The normalized spacial score (nSPS) is 11.6. The fraction of sp³-hybridized carbons (Fsp3) is 0.333. The molecular formula is C12H16N2O5. The molecule has 1 rings (SSSR count). The molecule has 0 saturated heterocycles. The zero-order valence-corrected chi connectivity index (χ0v) is 10.9. The number of carboxylic acid groups (broad SMARTS) is 1. The number of rotatable bonds is 5. The Bertz CT molecular complexity index is 501. The van der Waals surface area contributed by atoms with Gasteiger partial charge >= 0.3 is 5.97 Å². The molecule has 1 atom stereocenters. The Hall–Kier alpha value is -2.28. The number of carboxylic acids is 1. The summed E-state index contributed by atoms with van der Waals surface area (Å²) in [5.74, 6) is -1.26. The summed E-state index contributed by atoms with van der Waals surface area (Å²) in [5, 5.41) is 11.1. The highest BCUT2D eigenvalue weighted by Crippen LogP contribution is 2.32. The van der Waals surface area contributed by atoms with E-state index in [0.717, 1.165) is 0 Å². The van der Waals surface area contributed by atoms with Gasteiger partial charge in [-0.2, -0.15) is 0 Å². The van der Waals surface area contributed by atoms with Crippen LogP contribution in [-0.4, -0.2) is 37.2 Å². The Labute approximate surface area is 110 Å². The molecule has 1 amide bonds. The van der Waals surface area contributed by atoms with E-state index in [9.17, 15) is 9.59 Å². The molecule has 0 aliphatic heterocycles. The second kappa shape index (κ2) is 6.05. The third-order valence-electron chi connectivity index (χ3n) is 2.54. The van der Waals surface area contributed by atoms with Crippen LogP contribution in [0.2, 0.25) is 0 Å². The van der Waals surface area contributed by atoms with E-state index in [4.69, 9.17) is 20.3 Å². The monoisotopic (exact) mass is 268 g/mol. The third kappa shape index (κ3) is 3.35. The van der Waals surface area contributed by atoms with Crippen molar-refractivity contribution in [1.29, 1.82) is 0 Å². The number of ether oxygens (including phenoxy) is 2. The summed E-state index contributed by atoms with van der Waals surface area (Å²) in [6.07, 6.45) is 0. The molecule has 0 spiro atoms. The lowest BCUT2D eigenvalue weighted by atomic mass is 10.1. The predicted molar refractivity (Wildman–Crippen MR) is 68.5 cm³/mol. The number of nitrogens with one attached hydrogen (secondary N) is 1. The second-order valence-corrected chi connectivity index (χ2v) is 3.83. The van der Waals surface area contributed by atoms with Crippen LogP contribution in [0.1, 0.15) is 5.56 Å². The molecule has 0 aliphatic rings. The quantitative estimate of drug-likeness (QED) is 0.665. The highest BCUT2D eigenvalue weighted by atomic mass is 16.5. The van der Waals surface area contributed by atoms with Gasteiger partial charge in [0.25, 0.3) is 5.91 Å². The van der Waals surface area contributed by atoms with Gasteiger partial charge in [0.1, 0.15) is 0 Å². The van der Waals surface area contributed by atoms with E-state index in [1.165, 1.54) is 14.2 Å². The van der Waals surface area contributed by atoms with Gasteiger partial charge in [0.2, 0.25) is 0 Å². The van der Waals surface area contributed by atoms with E-state index in [1.807, 2.05) is 0 Å². The summed E-state index contributed by atoms with van der Waals surface area (Å²) in [5.41, 5.74) is 6.33. The zero-order chi connectivity index (χ0) is 14.6. The Balaban J connectivity index is 3.02. The number of hydrogen-bond donors (Lipinski definition) is 3. The maximum absolute atomic E-state index is 11.6. The van der Waals surface area contributed by atoms with E-state index < -0.39 is 17.9 Å². The summed E-state index contributed by atoms with van der Waals surface area (Å²) in [6, 6.07) is 1.59. The van der Waals surface area contributed by atoms with Crippen LogP contribution in [0.15, 0.2) is 12.1 Å². The van der Waals surface area contributed by atoms with Crippen LogP contribution < -0.4 is 20.5 Å². The summed E-state index contributed by atoms with van der Waals surface area (Å²) in [7, 11) is 2.96. The van der Waals surface area contributed by atoms with Gasteiger partial charge in [0.05, 0.1) is 14.2 Å². The molecule has 0 radical (unpaired) electrons. The lowest BCUT2D eigenvalue weighted by Crippen LogP contribution is -2.42. The number of carbonyl (C=O) groups excluding carboxylic acids is 1. The first kappa shape index (κ1) is 14.8. The van der Waals surface area contributed by atoms with Crippen molar-refractivity contribution in [3.8, 4) is 11.5 Å². The van der Waals surface area contributed by atoms with E-state index in [-0.39, 0.29) is 0 Å². The van der Waals surface area contributed by atoms with Crippen LogP contribution >= 0.6 is 0 Å². The average Bonchev–Trinajstić information content (AvgIpc) is 2.39. The molecule has 7 heteroatoms. The standard InChI is InChI=1S/C12H16N2O5/c1-6-4-8(18-2)9(19-3)5-7(6)14-11(15)10(13)12(16)17/h4-5,10H,13H2,1-3H3,(H,14,15)(H,16,17). The highest BCUT2D eigenvalue weighted by molar-refractivity contribution is 6.07. The molecule has 19 heavy (non-hydrogen) atoms. The Morgan fingerprint density at radius 3 is 2.26 bits per heavy atom. The van der Waals surface area contributed by atoms with Crippen molar-refractivity contribution in [1.82, 2.24) is 0 Å². The maximum atomic E-state index is 11.6. The highest BCUT2D eigenvalue weighted by Gasteiger charge is 2.22. The van der Waals surface area contributed by atoms with Gasteiger partial charge in [-0.3, -0.25) is 4.79 Å². The first-order valence-electron chi connectivity index (χ1n) is 5.42. The van der Waals surface area contributed by atoms with Crippen molar-refractivity contribution >= 4 is 17.6 Å². The SMILES string of the molecule is COc1cc(C)c(NC(=O)C(N)C(=O)O)cc1OC. The number of anilines is 1. The first-order valence-corrected chi connectivity index (χ1v) is 5.42. The second-order valence-electron chi connectivity index (χ2n) is 3.83. The fourth-order valence-corrected chi connectivity index (χ4v) is 1.44. The molecule has 1 aromatic carbocycles. The molecule has 7 nitrogen and oxygen atoms in total. The number of nitrogens with two attached hydrogens (primary N) is 1. The lowest BCUT2D eigenvalue weighted by Gasteiger charge is -2.14. The van der Waals surface area contributed by atoms with Crippen molar-refractivity contribution < 1.29 is 24.2 Å². The molecule has 0 aliphatic carbocycles. The van der Waals surface area contributed by atoms with Gasteiger partial charge < -0.3 is 25.6 Å². The molecule has 0 aromatic heterocycles. The lowest BCUT2D eigenvalue weighted by molar-refractivity contribution is -0.141. The van der Waals surface area contributed by atoms with Crippen molar-refractivity contribution in [3.63, 3.8) is 0 Å². The predicted octanol–water partition coefficient (Wildman–Crippen LogP) is 0.363. The topological polar surface area (TPSA) is 111 Å². The Morgan fingerprint density at radius 2 is 1.79 bits per heavy atom. The molecule has 1 unspecified atom stereocenters. The maximum Gasteiger partial charge on any atom is 0.330 e. The summed E-state index contributed by atoms with van der Waals surface area (Å²) in [6.45, 7) is 1.74. The van der Waals surface area contributed by atoms with Gasteiger partial charge in [0, 0.05) is 11.8 Å². The molecule has 4 N–H and O–H groups in total. The van der Waals surface area contributed by atoms with Crippen LogP contribution in [0.25, 0.3) is 0 Å². The largest absolute Gasteiger partial charge is 0.493 e. The number of amides is 1. The minimum absolute atomic E-state index is 0.416. The number of hydrogen-bond acceptors (Lipinski definition) is 5. The Kier molecular flexibility index (Phi) is 4.71. The van der Waals surface area contributed by atoms with Gasteiger partial charge in [0.15, 0.2) is 17.5 Å². The number of carbonyl (C=O) groups is 2. The third-order valence-corrected chi connectivity index (χ3v) is 2.54. The first-order chi connectivity index (χ1) is 8.90. The average molecular weight is 268 g/mol. The number of benzene rings is 1. The van der Waals surface area contributed by atoms with Gasteiger partial charge in [-0.25, -0.2) is 4.79 Å². The molecule has 104 valence electrons. The van der Waals surface area contributed by atoms with E-state index >= 15 is 0 Å². The van der Waals surface area contributed by atoms with Crippen molar-refractivity contribution in [3.05, 3.63) is 17.7 Å².